The predicted molar refractivity (Wildman–Crippen MR) is 55.7 cm³/mol. The summed E-state index contributed by atoms with van der Waals surface area (Å²) in [4.78, 5) is 14.3. The lowest BCUT2D eigenvalue weighted by atomic mass is 9.77. The number of methoxy groups -OCH3 is 1. The summed E-state index contributed by atoms with van der Waals surface area (Å²) in [5, 5.41) is 8.76. The Morgan fingerprint density at radius 1 is 1.61 bits per heavy atom. The Morgan fingerprint density at radius 3 is 2.61 bits per heavy atom. The molecule has 0 spiro atoms. The quantitative estimate of drug-likeness (QED) is 0.881. The first-order valence-corrected chi connectivity index (χ1v) is 5.53. The molecular formula is C11H13F2NO4. The average Bonchev–Trinajstić information content (AvgIpc) is 2.67. The maximum absolute atomic E-state index is 12.6. The normalized spacial score (nSPS) is 17.8. The molecule has 1 aliphatic carbocycles. The molecule has 1 aromatic heterocycles. The van der Waals surface area contributed by atoms with Crippen LogP contribution in [0.5, 0.6) is 0 Å². The molecule has 7 heteroatoms. The summed E-state index contributed by atoms with van der Waals surface area (Å²) >= 11 is 0. The molecule has 1 saturated carbocycles. The maximum Gasteiger partial charge on any atom is 0.374 e. The van der Waals surface area contributed by atoms with E-state index in [0.29, 0.717) is 0 Å². The van der Waals surface area contributed by atoms with Crippen molar-refractivity contribution < 1.29 is 27.8 Å². The van der Waals surface area contributed by atoms with Crippen LogP contribution in [0.25, 0.3) is 0 Å². The summed E-state index contributed by atoms with van der Waals surface area (Å²) < 4.78 is 35.4. The van der Waals surface area contributed by atoms with Gasteiger partial charge in [0.25, 0.3) is 6.43 Å². The number of hydrogen-bond donors (Lipinski definition) is 1. The maximum atomic E-state index is 12.6. The van der Waals surface area contributed by atoms with Crippen molar-refractivity contribution in [3.8, 4) is 0 Å². The topological polar surface area (TPSA) is 72.6 Å². The van der Waals surface area contributed by atoms with Gasteiger partial charge in [0, 0.05) is 7.11 Å². The molecule has 1 heterocycles. The molecule has 0 aliphatic heterocycles. The number of aromatic nitrogens is 1. The molecule has 100 valence electrons. The predicted octanol–water partition coefficient (Wildman–Crippen LogP) is 2.42. The SMILES string of the molecule is COC1(Cc2nc(C(F)F)c(C(=O)O)o2)CCC1. The number of carboxylic acid groups (broad SMARTS) is 1. The number of rotatable bonds is 5. The van der Waals surface area contributed by atoms with E-state index in [9.17, 15) is 13.6 Å². The highest BCUT2D eigenvalue weighted by Gasteiger charge is 2.39. The van der Waals surface area contributed by atoms with Crippen LogP contribution in [-0.2, 0) is 11.2 Å². The Morgan fingerprint density at radius 2 is 2.28 bits per heavy atom. The monoisotopic (exact) mass is 261 g/mol. The number of carboxylic acids is 1. The van der Waals surface area contributed by atoms with Gasteiger partial charge in [0.15, 0.2) is 11.6 Å². The highest BCUT2D eigenvalue weighted by molar-refractivity contribution is 5.85. The van der Waals surface area contributed by atoms with Gasteiger partial charge in [-0.2, -0.15) is 0 Å². The summed E-state index contributed by atoms with van der Waals surface area (Å²) in [6.07, 6.45) is -0.178. The third kappa shape index (κ3) is 2.22. The van der Waals surface area contributed by atoms with Crippen LogP contribution in [0.2, 0.25) is 0 Å². The van der Waals surface area contributed by atoms with Crippen LogP contribution in [0.1, 0.15) is 47.8 Å². The van der Waals surface area contributed by atoms with E-state index < -0.39 is 29.4 Å². The Balaban J connectivity index is 2.24. The van der Waals surface area contributed by atoms with Gasteiger partial charge in [0.1, 0.15) is 0 Å². The molecule has 2 rings (SSSR count). The van der Waals surface area contributed by atoms with Gasteiger partial charge in [-0.15, -0.1) is 0 Å². The van der Waals surface area contributed by atoms with E-state index in [1.54, 1.807) is 0 Å². The largest absolute Gasteiger partial charge is 0.475 e. The number of nitrogens with zero attached hydrogens (tertiary/aromatic N) is 1. The van der Waals surface area contributed by atoms with E-state index in [0.717, 1.165) is 19.3 Å². The third-order valence-corrected chi connectivity index (χ3v) is 3.27. The molecule has 0 unspecified atom stereocenters. The minimum atomic E-state index is -2.96. The van der Waals surface area contributed by atoms with Crippen LogP contribution in [0, 0.1) is 0 Å². The second-order valence-electron chi connectivity index (χ2n) is 4.35. The molecule has 1 aliphatic rings. The molecular weight excluding hydrogens is 248 g/mol. The molecule has 1 N–H and O–H groups in total. The minimum Gasteiger partial charge on any atom is -0.475 e. The van der Waals surface area contributed by atoms with Crippen LogP contribution in [0.15, 0.2) is 4.42 Å². The standard InChI is InChI=1S/C11H13F2NO4/c1-17-11(3-2-4-11)5-6-14-7(9(12)13)8(18-6)10(15)16/h9H,2-5H2,1H3,(H,15,16). The molecule has 0 radical (unpaired) electrons. The summed E-state index contributed by atoms with van der Waals surface area (Å²) in [5.41, 5.74) is -1.26. The van der Waals surface area contributed by atoms with Crippen molar-refractivity contribution in [3.05, 3.63) is 17.3 Å². The van der Waals surface area contributed by atoms with Gasteiger partial charge in [-0.05, 0) is 19.3 Å². The van der Waals surface area contributed by atoms with Crippen molar-refractivity contribution in [3.63, 3.8) is 0 Å². The molecule has 0 bridgehead atoms. The van der Waals surface area contributed by atoms with Gasteiger partial charge in [-0.3, -0.25) is 0 Å². The van der Waals surface area contributed by atoms with Crippen molar-refractivity contribution in [2.45, 2.75) is 37.7 Å². The molecule has 1 fully saturated rings. The number of ether oxygens (including phenoxy) is 1. The van der Waals surface area contributed by atoms with Gasteiger partial charge >= 0.3 is 5.97 Å². The second-order valence-corrected chi connectivity index (χ2v) is 4.35. The second kappa shape index (κ2) is 4.64. The Hall–Kier alpha value is -1.50. The van der Waals surface area contributed by atoms with Crippen molar-refractivity contribution in [2.24, 2.45) is 0 Å². The summed E-state index contributed by atoms with van der Waals surface area (Å²) in [7, 11) is 1.54. The number of oxazole rings is 1. The number of halogens is 2. The number of aromatic carboxylic acids is 1. The minimum absolute atomic E-state index is 0.00995. The molecule has 0 aromatic carbocycles. The van der Waals surface area contributed by atoms with Gasteiger partial charge in [0.05, 0.1) is 12.0 Å². The summed E-state index contributed by atoms with van der Waals surface area (Å²) in [6, 6.07) is 0. The summed E-state index contributed by atoms with van der Waals surface area (Å²) in [5.74, 6) is -2.33. The fourth-order valence-corrected chi connectivity index (χ4v) is 2.05. The first-order valence-electron chi connectivity index (χ1n) is 5.53. The van der Waals surface area contributed by atoms with Crippen molar-refractivity contribution in [2.75, 3.05) is 7.11 Å². The van der Waals surface area contributed by atoms with Gasteiger partial charge in [0.2, 0.25) is 5.76 Å². The zero-order valence-electron chi connectivity index (χ0n) is 9.78. The van der Waals surface area contributed by atoms with Crippen LogP contribution in [-0.4, -0.2) is 28.8 Å². The highest BCUT2D eigenvalue weighted by Crippen LogP contribution is 2.38. The van der Waals surface area contributed by atoms with Gasteiger partial charge in [-0.25, -0.2) is 18.6 Å². The molecule has 1 aromatic rings. The zero-order valence-corrected chi connectivity index (χ0v) is 9.78. The van der Waals surface area contributed by atoms with E-state index in [4.69, 9.17) is 14.3 Å². The van der Waals surface area contributed by atoms with Crippen molar-refractivity contribution >= 4 is 5.97 Å². The average molecular weight is 261 g/mol. The molecule has 5 nitrogen and oxygen atoms in total. The Kier molecular flexibility index (Phi) is 3.34. The number of alkyl halides is 2. The first kappa shape index (κ1) is 12.9. The Bertz CT molecular complexity index is 448. The van der Waals surface area contributed by atoms with Crippen LogP contribution in [0.4, 0.5) is 8.78 Å². The fraction of sp³-hybridized carbons (Fsp3) is 0.636. The van der Waals surface area contributed by atoms with Crippen molar-refractivity contribution in [1.29, 1.82) is 0 Å². The van der Waals surface area contributed by atoms with E-state index in [1.165, 1.54) is 7.11 Å². The van der Waals surface area contributed by atoms with Crippen LogP contribution >= 0.6 is 0 Å². The molecule has 0 atom stereocenters. The number of carbonyl (C=O) groups is 1. The number of hydrogen-bond acceptors (Lipinski definition) is 4. The zero-order chi connectivity index (χ0) is 13.3. The first-order chi connectivity index (χ1) is 8.47. The molecule has 0 amide bonds. The lowest BCUT2D eigenvalue weighted by molar-refractivity contribution is -0.0747. The van der Waals surface area contributed by atoms with Crippen LogP contribution in [0.3, 0.4) is 0 Å². The van der Waals surface area contributed by atoms with E-state index in [2.05, 4.69) is 4.98 Å². The third-order valence-electron chi connectivity index (χ3n) is 3.27. The lowest BCUT2D eigenvalue weighted by Crippen LogP contribution is -2.41. The lowest BCUT2D eigenvalue weighted by Gasteiger charge is -2.39. The summed E-state index contributed by atoms with van der Waals surface area (Å²) in [6.45, 7) is 0. The highest BCUT2D eigenvalue weighted by atomic mass is 19.3. The van der Waals surface area contributed by atoms with Crippen LogP contribution < -0.4 is 0 Å². The molecule has 0 saturated heterocycles. The molecule has 18 heavy (non-hydrogen) atoms. The Labute approximate surface area is 102 Å². The fourth-order valence-electron chi connectivity index (χ4n) is 2.05. The van der Waals surface area contributed by atoms with E-state index in [1.807, 2.05) is 0 Å². The van der Waals surface area contributed by atoms with E-state index in [-0.39, 0.29) is 12.3 Å². The van der Waals surface area contributed by atoms with Gasteiger partial charge < -0.3 is 14.3 Å². The van der Waals surface area contributed by atoms with Gasteiger partial charge in [-0.1, -0.05) is 0 Å². The smallest absolute Gasteiger partial charge is 0.374 e. The van der Waals surface area contributed by atoms with Crippen molar-refractivity contribution in [1.82, 2.24) is 4.98 Å². The van der Waals surface area contributed by atoms with E-state index >= 15 is 0 Å².